The predicted octanol–water partition coefficient (Wildman–Crippen LogP) is 1.74. The van der Waals surface area contributed by atoms with Crippen molar-refractivity contribution in [2.45, 2.75) is 63.8 Å². The van der Waals surface area contributed by atoms with Crippen LogP contribution in [-0.2, 0) is 14.2 Å². The Morgan fingerprint density at radius 3 is 2.68 bits per heavy atom. The fourth-order valence-electron chi connectivity index (χ4n) is 2.08. The second kappa shape index (κ2) is 7.60. The molecule has 1 aliphatic rings. The fourth-order valence-corrected chi connectivity index (χ4v) is 3.13. The maximum atomic E-state index is 11.9. The van der Waals surface area contributed by atoms with Gasteiger partial charge in [0, 0.05) is 12.6 Å². The van der Waals surface area contributed by atoms with Crippen LogP contribution in [0.25, 0.3) is 0 Å². The molecule has 0 radical (unpaired) electrons. The third-order valence-electron chi connectivity index (χ3n) is 4.74. The van der Waals surface area contributed by atoms with Gasteiger partial charge in [0.05, 0.1) is 9.67 Å². The molecule has 0 spiro atoms. The van der Waals surface area contributed by atoms with Crippen molar-refractivity contribution in [3.8, 4) is 0 Å². The molecular formula is C15H25IN2O6Si. The highest BCUT2D eigenvalue weighted by atomic mass is 127. The zero-order valence-corrected chi connectivity index (χ0v) is 18.2. The van der Waals surface area contributed by atoms with Crippen LogP contribution in [0.3, 0.4) is 0 Å². The molecule has 1 fully saturated rings. The molecule has 0 bridgehead atoms. The highest BCUT2D eigenvalue weighted by molar-refractivity contribution is 14.1. The summed E-state index contributed by atoms with van der Waals surface area (Å²) in [5, 5.41) is 10.2. The largest absolute Gasteiger partial charge is 0.390 e. The Kier molecular flexibility index (Phi) is 6.32. The molecule has 1 aliphatic heterocycles. The summed E-state index contributed by atoms with van der Waals surface area (Å²) in [4.78, 5) is 31.0. The van der Waals surface area contributed by atoms with Gasteiger partial charge in [-0.25, -0.2) is 9.68 Å². The van der Waals surface area contributed by atoms with Crippen molar-refractivity contribution in [1.29, 1.82) is 0 Å². The molecule has 2 rings (SSSR count). The molecule has 25 heavy (non-hydrogen) atoms. The molecule has 10 heteroatoms. The summed E-state index contributed by atoms with van der Waals surface area (Å²) in [5.74, 6) is 0. The van der Waals surface area contributed by atoms with E-state index in [0.29, 0.717) is 3.57 Å². The average Bonchev–Trinajstić information content (AvgIpc) is 2.82. The van der Waals surface area contributed by atoms with Crippen molar-refractivity contribution in [1.82, 2.24) is 9.55 Å². The maximum Gasteiger partial charge on any atom is 0.330 e. The summed E-state index contributed by atoms with van der Waals surface area (Å²) in [7, 11) is -2.06. The van der Waals surface area contributed by atoms with Gasteiger partial charge in [-0.2, -0.15) is 0 Å². The van der Waals surface area contributed by atoms with E-state index in [4.69, 9.17) is 14.2 Å². The summed E-state index contributed by atoms with van der Waals surface area (Å²) in [6.07, 6.45) is -0.393. The minimum absolute atomic E-state index is 0.00456. The summed E-state index contributed by atoms with van der Waals surface area (Å²) >= 11 is 1.84. The van der Waals surface area contributed by atoms with Crippen LogP contribution in [-0.4, -0.2) is 41.8 Å². The van der Waals surface area contributed by atoms with E-state index >= 15 is 0 Å². The first-order valence-electron chi connectivity index (χ1n) is 8.07. The highest BCUT2D eigenvalue weighted by Gasteiger charge is 2.40. The van der Waals surface area contributed by atoms with Crippen molar-refractivity contribution in [3.05, 3.63) is 30.6 Å². The molecule has 3 atom stereocenters. The Bertz CT molecular complexity index is 726. The van der Waals surface area contributed by atoms with E-state index in [2.05, 4.69) is 38.8 Å². The number of halogens is 1. The first-order chi connectivity index (χ1) is 11.4. The lowest BCUT2D eigenvalue weighted by molar-refractivity contribution is -0.245. The van der Waals surface area contributed by atoms with Crippen molar-refractivity contribution < 1.29 is 19.3 Å². The first-order valence-corrected chi connectivity index (χ1v) is 12.1. The van der Waals surface area contributed by atoms with Gasteiger partial charge in [0.15, 0.2) is 0 Å². The third kappa shape index (κ3) is 4.80. The van der Waals surface area contributed by atoms with Crippen LogP contribution in [0.5, 0.6) is 0 Å². The SMILES string of the molecule is CC(C)(C)[Si](C)(C)OOC[C@H]1O[C@@H](n2cc(I)c(=O)[nH]c2=O)C[C@@H]1O. The molecule has 2 N–H and O–H groups in total. The number of aliphatic hydroxyl groups excluding tert-OH is 1. The summed E-state index contributed by atoms with van der Waals surface area (Å²) in [6, 6.07) is 0. The molecule has 1 aromatic rings. The topological polar surface area (TPSA) is 103 Å². The first kappa shape index (κ1) is 20.8. The van der Waals surface area contributed by atoms with Gasteiger partial charge in [-0.05, 0) is 40.7 Å². The minimum Gasteiger partial charge on any atom is -0.390 e. The quantitative estimate of drug-likeness (QED) is 0.286. The molecule has 0 amide bonds. The summed E-state index contributed by atoms with van der Waals surface area (Å²) in [5.41, 5.74) is -1.01. The lowest BCUT2D eigenvalue weighted by Crippen LogP contribution is -2.41. The Morgan fingerprint density at radius 2 is 2.08 bits per heavy atom. The van der Waals surface area contributed by atoms with Crippen molar-refractivity contribution in [3.63, 3.8) is 0 Å². The van der Waals surface area contributed by atoms with Gasteiger partial charge in [0.2, 0.25) is 8.32 Å². The van der Waals surface area contributed by atoms with Crippen LogP contribution in [0.4, 0.5) is 0 Å². The summed E-state index contributed by atoms with van der Waals surface area (Å²) in [6.45, 7) is 10.5. The number of rotatable bonds is 5. The van der Waals surface area contributed by atoms with Gasteiger partial charge in [-0.3, -0.25) is 18.9 Å². The number of nitrogens with one attached hydrogen (secondary N) is 1. The van der Waals surface area contributed by atoms with Crippen LogP contribution in [0, 0.1) is 3.57 Å². The smallest absolute Gasteiger partial charge is 0.330 e. The number of hydrogen-bond acceptors (Lipinski definition) is 6. The Hall–Kier alpha value is -0.533. The second-order valence-electron chi connectivity index (χ2n) is 7.70. The van der Waals surface area contributed by atoms with Crippen LogP contribution >= 0.6 is 22.6 Å². The average molecular weight is 484 g/mol. The standard InChI is InChI=1S/C15H25IN2O6Si/c1-15(2,3)25(4,5)24-22-8-11-10(19)6-12(23-11)18-7-9(16)13(20)17-14(18)21/h7,10-12,19H,6,8H2,1-5H3,(H,17,20,21)/t10-,11+,12+/m0/s1. The molecule has 0 aliphatic carbocycles. The minimum atomic E-state index is -2.06. The zero-order chi connectivity index (χ0) is 19.0. The second-order valence-corrected chi connectivity index (χ2v) is 13.6. The van der Waals surface area contributed by atoms with E-state index in [-0.39, 0.29) is 18.1 Å². The van der Waals surface area contributed by atoms with E-state index in [0.717, 1.165) is 0 Å². The van der Waals surface area contributed by atoms with E-state index in [1.807, 2.05) is 22.6 Å². The maximum absolute atomic E-state index is 11.9. The Morgan fingerprint density at radius 1 is 1.44 bits per heavy atom. The number of nitrogens with zero attached hydrogens (tertiary/aromatic N) is 1. The van der Waals surface area contributed by atoms with E-state index in [1.54, 1.807) is 0 Å². The zero-order valence-electron chi connectivity index (χ0n) is 15.0. The van der Waals surface area contributed by atoms with E-state index in [1.165, 1.54) is 10.8 Å². The van der Waals surface area contributed by atoms with Crippen LogP contribution in [0.2, 0.25) is 18.1 Å². The number of ether oxygens (including phenoxy) is 1. The van der Waals surface area contributed by atoms with Crippen LogP contribution < -0.4 is 11.2 Å². The molecule has 0 aromatic carbocycles. The number of aromatic amines is 1. The fraction of sp³-hybridized carbons (Fsp3) is 0.733. The van der Waals surface area contributed by atoms with Gasteiger partial charge in [0.1, 0.15) is 18.9 Å². The van der Waals surface area contributed by atoms with Crippen molar-refractivity contribution >= 4 is 30.9 Å². The monoisotopic (exact) mass is 484 g/mol. The highest BCUT2D eigenvalue weighted by Crippen LogP contribution is 2.37. The van der Waals surface area contributed by atoms with Gasteiger partial charge in [0.25, 0.3) is 5.56 Å². The molecule has 142 valence electrons. The molecule has 0 unspecified atom stereocenters. The van der Waals surface area contributed by atoms with Crippen LogP contribution in [0.15, 0.2) is 15.8 Å². The van der Waals surface area contributed by atoms with Gasteiger partial charge in [-0.1, -0.05) is 20.8 Å². The Labute approximate surface area is 160 Å². The normalized spacial score (nSPS) is 24.7. The van der Waals surface area contributed by atoms with Crippen molar-refractivity contribution in [2.75, 3.05) is 6.61 Å². The molecule has 1 aromatic heterocycles. The Balaban J connectivity index is 1.99. The predicted molar refractivity (Wildman–Crippen MR) is 103 cm³/mol. The van der Waals surface area contributed by atoms with Crippen LogP contribution in [0.1, 0.15) is 33.4 Å². The third-order valence-corrected chi connectivity index (χ3v) is 9.66. The van der Waals surface area contributed by atoms with E-state index < -0.39 is 38.0 Å². The molecule has 0 saturated carbocycles. The lowest BCUT2D eigenvalue weighted by atomic mass is 10.2. The number of hydrogen-bond donors (Lipinski definition) is 2. The molecule has 8 nitrogen and oxygen atoms in total. The number of aromatic nitrogens is 2. The molecular weight excluding hydrogens is 459 g/mol. The van der Waals surface area contributed by atoms with E-state index in [9.17, 15) is 14.7 Å². The molecule has 2 heterocycles. The molecule has 1 saturated heterocycles. The van der Waals surface area contributed by atoms with Gasteiger partial charge < -0.3 is 9.84 Å². The number of aliphatic hydroxyl groups is 1. The lowest BCUT2D eigenvalue weighted by Gasteiger charge is -2.34. The van der Waals surface area contributed by atoms with Crippen molar-refractivity contribution in [2.24, 2.45) is 0 Å². The van der Waals surface area contributed by atoms with Gasteiger partial charge >= 0.3 is 5.69 Å². The number of H-pyrrole nitrogens is 1. The summed E-state index contributed by atoms with van der Waals surface area (Å²) < 4.78 is 13.0. The van der Waals surface area contributed by atoms with Gasteiger partial charge in [-0.15, -0.1) is 0 Å².